The second kappa shape index (κ2) is 20.7. The quantitative estimate of drug-likeness (QED) is 0.124. The highest BCUT2D eigenvalue weighted by Gasteiger charge is 2.40. The first-order valence-electron chi connectivity index (χ1n) is 15.1. The van der Waals surface area contributed by atoms with E-state index in [1.807, 2.05) is 6.07 Å². The highest BCUT2D eigenvalue weighted by atomic mass is 19.4. The summed E-state index contributed by atoms with van der Waals surface area (Å²) < 4.78 is 157. The zero-order chi connectivity index (χ0) is 45.7. The van der Waals surface area contributed by atoms with Gasteiger partial charge < -0.3 is 36.4 Å². The second-order valence-electron chi connectivity index (χ2n) is 10.8. The van der Waals surface area contributed by atoms with Crippen molar-refractivity contribution in [2.45, 2.75) is 43.6 Å². The molecule has 0 radical (unpaired) electrons. The number of aromatic nitrogens is 4. The molecule has 7 N–H and O–H groups in total. The van der Waals surface area contributed by atoms with Crippen LogP contribution in [0.25, 0.3) is 16.8 Å². The molecule has 1 fully saturated rings. The molecule has 3 aromatic heterocycles. The fourth-order valence-corrected chi connectivity index (χ4v) is 3.94. The Labute approximate surface area is 318 Å². The molecule has 29 heteroatoms. The molecule has 0 saturated carbocycles. The summed E-state index contributed by atoms with van der Waals surface area (Å²) in [5.74, 6) is -11.9. The lowest BCUT2D eigenvalue weighted by Crippen LogP contribution is -2.43. The van der Waals surface area contributed by atoms with Crippen LogP contribution in [-0.4, -0.2) is 108 Å². The average molecular weight is 878 g/mol. The van der Waals surface area contributed by atoms with E-state index >= 15 is 0 Å². The Morgan fingerprint density at radius 1 is 0.712 bits per heavy atom. The van der Waals surface area contributed by atoms with Crippen LogP contribution in [0.2, 0.25) is 0 Å². The molecule has 0 amide bonds. The molecule has 1 atom stereocenters. The number of piperidine rings is 1. The largest absolute Gasteiger partial charge is 0.490 e. The number of carboxylic acids is 4. The average Bonchev–Trinajstić information content (AvgIpc) is 3.49. The van der Waals surface area contributed by atoms with Gasteiger partial charge in [0.05, 0.1) is 40.5 Å². The molecule has 1 saturated heterocycles. The molecule has 1 aliphatic rings. The monoisotopic (exact) mass is 877 g/mol. The first-order chi connectivity index (χ1) is 26.9. The Morgan fingerprint density at radius 2 is 1.17 bits per heavy atom. The summed E-state index contributed by atoms with van der Waals surface area (Å²) >= 11 is 0. The van der Waals surface area contributed by atoms with E-state index in [0.717, 1.165) is 37.3 Å². The van der Waals surface area contributed by atoms with Gasteiger partial charge in [-0.25, -0.2) is 32.9 Å². The number of alkyl halides is 12. The predicted octanol–water partition coefficient (Wildman–Crippen LogP) is 6.27. The summed E-state index contributed by atoms with van der Waals surface area (Å²) in [6, 6.07) is 9.03. The summed E-state index contributed by atoms with van der Waals surface area (Å²) in [6.45, 7) is 1.64. The topological polar surface area (TPSA) is 234 Å². The highest BCUT2D eigenvalue weighted by molar-refractivity contribution is 5.75. The summed E-state index contributed by atoms with van der Waals surface area (Å²) in [6.07, 6.45) is -13.2. The van der Waals surface area contributed by atoms with E-state index in [1.165, 1.54) is 22.7 Å². The SMILES string of the molecule is N[C@H]1CCCN(c2cnccc2Nc2ncc3ccc(-c4c(F)cccc4F)nn23)C1.O=C(O)C(F)(F)F.O=C(O)C(F)(F)F.O=C(O)C(F)(F)F.O=C(O)C(F)(F)F. The third-order valence-electron chi connectivity index (χ3n) is 6.42. The van der Waals surface area contributed by atoms with Crippen molar-refractivity contribution in [3.05, 3.63) is 66.6 Å². The molecule has 0 bridgehead atoms. The fraction of sp³-hybridized carbons (Fsp3) is 0.300. The van der Waals surface area contributed by atoms with Crippen LogP contribution in [0.15, 0.2) is 55.0 Å². The second-order valence-corrected chi connectivity index (χ2v) is 10.8. The van der Waals surface area contributed by atoms with Crippen LogP contribution in [0.5, 0.6) is 0 Å². The van der Waals surface area contributed by atoms with Crippen molar-refractivity contribution in [1.29, 1.82) is 0 Å². The Bertz CT molecular complexity index is 1940. The summed E-state index contributed by atoms with van der Waals surface area (Å²) in [5, 5.41) is 36.2. The van der Waals surface area contributed by atoms with Crippen molar-refractivity contribution in [2.75, 3.05) is 23.3 Å². The number of fused-ring (bicyclic) bond motifs is 1. The molecule has 0 spiro atoms. The Hall–Kier alpha value is -6.55. The number of imidazole rings is 1. The number of nitrogens with two attached hydrogens (primary N) is 1. The lowest BCUT2D eigenvalue weighted by Gasteiger charge is -2.33. The fourth-order valence-electron chi connectivity index (χ4n) is 3.94. The number of hydrogen-bond donors (Lipinski definition) is 6. The molecule has 0 aliphatic carbocycles. The number of nitrogens with one attached hydrogen (secondary N) is 1. The van der Waals surface area contributed by atoms with E-state index in [9.17, 15) is 61.5 Å². The third-order valence-corrected chi connectivity index (χ3v) is 6.42. The van der Waals surface area contributed by atoms with Crippen LogP contribution in [0.4, 0.5) is 78.8 Å². The van der Waals surface area contributed by atoms with Gasteiger partial charge in [-0.15, -0.1) is 0 Å². The number of rotatable bonds is 4. The number of carbonyl (C=O) groups is 4. The summed E-state index contributed by atoms with van der Waals surface area (Å²) in [4.78, 5) is 46.5. The molecular weight excluding hydrogens is 852 g/mol. The van der Waals surface area contributed by atoms with Gasteiger partial charge in [-0.2, -0.15) is 62.3 Å². The minimum atomic E-state index is -5.08. The summed E-state index contributed by atoms with van der Waals surface area (Å²) in [5.41, 5.74) is 8.58. The minimum absolute atomic E-state index is 0.119. The standard InChI is InChI=1S/C22H21F2N7.4C2HF3O2/c23-16-4-1-5-17(24)21(16)19-7-6-15-11-27-22(31(15)29-19)28-18-8-9-26-12-20(18)30-10-2-3-14(25)13-30;4*3-2(4,5)1(6)7/h1,4-9,11-12,14H,2-3,10,13,25H2,(H,26,27,28);4*(H,6,7)/t14-;;;;/m0..../s1. The number of nitrogens with zero attached hydrogens (tertiary/aromatic N) is 5. The van der Waals surface area contributed by atoms with E-state index in [4.69, 9.17) is 45.3 Å². The van der Waals surface area contributed by atoms with Crippen molar-refractivity contribution < 1.29 is 101 Å². The number of anilines is 3. The summed E-state index contributed by atoms with van der Waals surface area (Å²) in [7, 11) is 0. The van der Waals surface area contributed by atoms with Crippen LogP contribution >= 0.6 is 0 Å². The first-order valence-corrected chi connectivity index (χ1v) is 15.1. The molecule has 59 heavy (non-hydrogen) atoms. The van der Waals surface area contributed by atoms with E-state index in [0.29, 0.717) is 11.5 Å². The van der Waals surface area contributed by atoms with E-state index in [1.54, 1.807) is 30.7 Å². The number of pyridine rings is 1. The van der Waals surface area contributed by atoms with Gasteiger partial charge in [0.1, 0.15) is 11.6 Å². The van der Waals surface area contributed by atoms with Crippen LogP contribution in [-0.2, 0) is 19.2 Å². The molecule has 326 valence electrons. The van der Waals surface area contributed by atoms with Crippen LogP contribution < -0.4 is 16.0 Å². The minimum Gasteiger partial charge on any atom is -0.475 e. The van der Waals surface area contributed by atoms with Gasteiger partial charge in [0.2, 0.25) is 5.95 Å². The van der Waals surface area contributed by atoms with Crippen LogP contribution in [0, 0.1) is 11.6 Å². The van der Waals surface area contributed by atoms with Crippen LogP contribution in [0.1, 0.15) is 12.8 Å². The van der Waals surface area contributed by atoms with Crippen molar-refractivity contribution in [3.8, 4) is 11.3 Å². The predicted molar refractivity (Wildman–Crippen MR) is 170 cm³/mol. The van der Waals surface area contributed by atoms with Gasteiger partial charge in [-0.3, -0.25) is 4.98 Å². The molecule has 15 nitrogen and oxygen atoms in total. The molecule has 0 unspecified atom stereocenters. The molecular formula is C30H25F14N7O8. The Morgan fingerprint density at radius 3 is 1.59 bits per heavy atom. The van der Waals surface area contributed by atoms with E-state index < -0.39 is 60.2 Å². The molecule has 1 aliphatic heterocycles. The van der Waals surface area contributed by atoms with Crippen molar-refractivity contribution in [2.24, 2.45) is 5.73 Å². The number of benzene rings is 1. The van der Waals surface area contributed by atoms with E-state index in [2.05, 4.69) is 25.3 Å². The van der Waals surface area contributed by atoms with Crippen molar-refractivity contribution >= 4 is 46.7 Å². The van der Waals surface area contributed by atoms with Gasteiger partial charge in [-0.1, -0.05) is 6.07 Å². The molecule has 4 heterocycles. The number of aliphatic carboxylic acids is 4. The van der Waals surface area contributed by atoms with Gasteiger partial charge in [0.15, 0.2) is 0 Å². The highest BCUT2D eigenvalue weighted by Crippen LogP contribution is 2.31. The molecule has 5 rings (SSSR count). The lowest BCUT2D eigenvalue weighted by atomic mass is 10.1. The Kier molecular flexibility index (Phi) is 17.7. The number of carboxylic acid groups (broad SMARTS) is 4. The van der Waals surface area contributed by atoms with E-state index in [-0.39, 0.29) is 17.3 Å². The maximum absolute atomic E-state index is 14.3. The van der Waals surface area contributed by atoms with Gasteiger partial charge in [-0.05, 0) is 43.2 Å². The van der Waals surface area contributed by atoms with Crippen molar-refractivity contribution in [3.63, 3.8) is 0 Å². The Balaban J connectivity index is 0.000000505. The normalized spacial score (nSPS) is 14.1. The zero-order valence-electron chi connectivity index (χ0n) is 28.6. The maximum atomic E-state index is 14.3. The van der Waals surface area contributed by atoms with Gasteiger partial charge >= 0.3 is 48.6 Å². The van der Waals surface area contributed by atoms with Crippen molar-refractivity contribution in [1.82, 2.24) is 19.6 Å². The van der Waals surface area contributed by atoms with Gasteiger partial charge in [0.25, 0.3) is 0 Å². The third kappa shape index (κ3) is 16.8. The number of hydrogen-bond acceptors (Lipinski definition) is 10. The van der Waals surface area contributed by atoms with Crippen LogP contribution in [0.3, 0.4) is 0 Å². The zero-order valence-corrected chi connectivity index (χ0v) is 28.6. The number of halogens is 14. The smallest absolute Gasteiger partial charge is 0.475 e. The molecule has 1 aromatic carbocycles. The first kappa shape index (κ1) is 50.5. The molecule has 4 aromatic rings. The maximum Gasteiger partial charge on any atom is 0.490 e. The van der Waals surface area contributed by atoms with Gasteiger partial charge in [0, 0.05) is 25.3 Å². The lowest BCUT2D eigenvalue weighted by molar-refractivity contribution is -0.193.